The van der Waals surface area contributed by atoms with E-state index in [1.54, 1.807) is 0 Å². The number of hydrogen-bond donors (Lipinski definition) is 0. The SMILES string of the molecule is C=C([O-])C1CC2C=CC1C2.C=C([O-])C1CC2C=CC1C2. The Morgan fingerprint density at radius 1 is 0.700 bits per heavy atom. The van der Waals surface area contributed by atoms with Gasteiger partial charge in [-0.05, 0) is 61.2 Å². The molecule has 2 heteroatoms. The molecule has 4 rings (SSSR count). The fourth-order valence-electron chi connectivity index (χ4n) is 4.30. The van der Waals surface area contributed by atoms with Crippen molar-refractivity contribution in [2.24, 2.45) is 35.5 Å². The minimum absolute atomic E-state index is 0.136. The molecule has 2 nitrogen and oxygen atoms in total. The highest BCUT2D eigenvalue weighted by Gasteiger charge is 2.35. The summed E-state index contributed by atoms with van der Waals surface area (Å²) >= 11 is 0. The van der Waals surface area contributed by atoms with E-state index in [1.165, 1.54) is 12.8 Å². The van der Waals surface area contributed by atoms with Gasteiger partial charge in [-0.1, -0.05) is 24.3 Å². The van der Waals surface area contributed by atoms with Gasteiger partial charge in [0.25, 0.3) is 0 Å². The van der Waals surface area contributed by atoms with Crippen LogP contribution in [-0.4, -0.2) is 0 Å². The lowest BCUT2D eigenvalue weighted by Crippen LogP contribution is -2.18. The average Bonchev–Trinajstić information content (AvgIpc) is 3.18. The van der Waals surface area contributed by atoms with Crippen molar-refractivity contribution in [2.75, 3.05) is 0 Å². The molecule has 6 atom stereocenters. The molecule has 0 heterocycles. The summed E-state index contributed by atoms with van der Waals surface area (Å²) in [5, 5.41) is 21.8. The van der Waals surface area contributed by atoms with E-state index in [-0.39, 0.29) is 23.4 Å². The topological polar surface area (TPSA) is 46.1 Å². The molecule has 6 unspecified atom stereocenters. The summed E-state index contributed by atoms with van der Waals surface area (Å²) in [4.78, 5) is 0. The van der Waals surface area contributed by atoms with E-state index in [0.29, 0.717) is 23.7 Å². The first-order valence-electron chi connectivity index (χ1n) is 7.63. The second kappa shape index (κ2) is 5.16. The fourth-order valence-corrected chi connectivity index (χ4v) is 4.30. The predicted molar refractivity (Wildman–Crippen MR) is 76.0 cm³/mol. The highest BCUT2D eigenvalue weighted by atomic mass is 16.3. The Bertz CT molecular complexity index is 430. The van der Waals surface area contributed by atoms with Crippen LogP contribution in [0, 0.1) is 35.5 Å². The Hall–Kier alpha value is -1.44. The molecule has 108 valence electrons. The zero-order chi connectivity index (χ0) is 14.3. The fraction of sp³-hybridized carbons (Fsp3) is 0.556. The van der Waals surface area contributed by atoms with E-state index in [0.717, 1.165) is 12.8 Å². The van der Waals surface area contributed by atoms with Crippen molar-refractivity contribution in [3.8, 4) is 0 Å². The predicted octanol–water partition coefficient (Wildman–Crippen LogP) is 2.15. The van der Waals surface area contributed by atoms with Gasteiger partial charge in [0.1, 0.15) is 0 Å². The lowest BCUT2D eigenvalue weighted by Gasteiger charge is -2.24. The van der Waals surface area contributed by atoms with Gasteiger partial charge in [0.2, 0.25) is 0 Å². The number of hydrogen-bond acceptors (Lipinski definition) is 2. The van der Waals surface area contributed by atoms with Crippen molar-refractivity contribution in [1.29, 1.82) is 0 Å². The minimum Gasteiger partial charge on any atom is -0.876 e. The van der Waals surface area contributed by atoms with Crippen molar-refractivity contribution >= 4 is 0 Å². The molecule has 0 spiro atoms. The molecule has 0 saturated heterocycles. The van der Waals surface area contributed by atoms with Gasteiger partial charge in [-0.2, -0.15) is 0 Å². The normalized spacial score (nSPS) is 42.6. The number of allylic oxidation sites excluding steroid dienone is 6. The smallest absolute Gasteiger partial charge is 0.0171 e. The van der Waals surface area contributed by atoms with Gasteiger partial charge in [-0.3, -0.25) is 0 Å². The first kappa shape index (κ1) is 13.5. The molecule has 0 aromatic heterocycles. The van der Waals surface area contributed by atoms with Crippen LogP contribution in [0.2, 0.25) is 0 Å². The summed E-state index contributed by atoms with van der Waals surface area (Å²) in [5.74, 6) is 3.25. The molecule has 0 aromatic carbocycles. The van der Waals surface area contributed by atoms with Gasteiger partial charge in [-0.25, -0.2) is 0 Å². The van der Waals surface area contributed by atoms with Crippen LogP contribution < -0.4 is 10.2 Å². The number of fused-ring (bicyclic) bond motifs is 4. The Morgan fingerprint density at radius 3 is 1.25 bits per heavy atom. The Kier molecular flexibility index (Phi) is 3.49. The summed E-state index contributed by atoms with van der Waals surface area (Å²) in [6.45, 7) is 6.93. The summed E-state index contributed by atoms with van der Waals surface area (Å²) in [7, 11) is 0. The summed E-state index contributed by atoms with van der Waals surface area (Å²) in [5.41, 5.74) is 0. The molecule has 2 saturated carbocycles. The van der Waals surface area contributed by atoms with Crippen molar-refractivity contribution in [3.63, 3.8) is 0 Å². The van der Waals surface area contributed by atoms with Crippen LogP contribution in [0.4, 0.5) is 0 Å². The maximum atomic E-state index is 10.9. The third kappa shape index (κ3) is 2.44. The molecule has 0 aromatic rings. The van der Waals surface area contributed by atoms with Gasteiger partial charge >= 0.3 is 0 Å². The van der Waals surface area contributed by atoms with E-state index in [4.69, 9.17) is 0 Å². The molecule has 4 aliphatic rings. The highest BCUT2D eigenvalue weighted by Crippen LogP contribution is 2.45. The zero-order valence-corrected chi connectivity index (χ0v) is 11.8. The van der Waals surface area contributed by atoms with Gasteiger partial charge < -0.3 is 10.2 Å². The summed E-state index contributed by atoms with van der Waals surface area (Å²) in [6.07, 6.45) is 13.4. The van der Waals surface area contributed by atoms with Crippen LogP contribution >= 0.6 is 0 Å². The standard InChI is InChI=1S/2C9H12O/c2*1-6(10)9-5-7-2-3-8(9)4-7/h2*2-3,7-10H,1,4-5H2/p-2. The quantitative estimate of drug-likeness (QED) is 0.570. The Balaban J connectivity index is 0.000000121. The molecule has 20 heavy (non-hydrogen) atoms. The van der Waals surface area contributed by atoms with Gasteiger partial charge in [0.15, 0.2) is 0 Å². The second-order valence-corrected chi connectivity index (χ2v) is 6.71. The van der Waals surface area contributed by atoms with Crippen LogP contribution in [0.25, 0.3) is 0 Å². The van der Waals surface area contributed by atoms with Crippen LogP contribution in [0.1, 0.15) is 25.7 Å². The molecule has 0 N–H and O–H groups in total. The van der Waals surface area contributed by atoms with Crippen LogP contribution in [-0.2, 0) is 0 Å². The summed E-state index contributed by atoms with van der Waals surface area (Å²) < 4.78 is 0. The molecule has 2 fully saturated rings. The third-order valence-electron chi connectivity index (χ3n) is 5.38. The Morgan fingerprint density at radius 2 is 1.10 bits per heavy atom. The van der Waals surface area contributed by atoms with Gasteiger partial charge in [-0.15, -0.1) is 24.7 Å². The number of rotatable bonds is 2. The van der Waals surface area contributed by atoms with Crippen molar-refractivity contribution < 1.29 is 10.2 Å². The maximum Gasteiger partial charge on any atom is -0.0171 e. The lowest BCUT2D eigenvalue weighted by molar-refractivity contribution is -0.316. The molecular formula is C18H22O2-2. The van der Waals surface area contributed by atoms with E-state index >= 15 is 0 Å². The first-order valence-corrected chi connectivity index (χ1v) is 7.63. The van der Waals surface area contributed by atoms with Crippen LogP contribution in [0.15, 0.2) is 49.0 Å². The van der Waals surface area contributed by atoms with Crippen molar-refractivity contribution in [1.82, 2.24) is 0 Å². The van der Waals surface area contributed by atoms with Gasteiger partial charge in [0.05, 0.1) is 0 Å². The maximum absolute atomic E-state index is 10.9. The zero-order valence-electron chi connectivity index (χ0n) is 11.8. The van der Waals surface area contributed by atoms with E-state index in [2.05, 4.69) is 37.5 Å². The molecule has 4 bridgehead atoms. The average molecular weight is 270 g/mol. The van der Waals surface area contributed by atoms with E-state index in [1.807, 2.05) is 0 Å². The highest BCUT2D eigenvalue weighted by molar-refractivity contribution is 5.15. The van der Waals surface area contributed by atoms with E-state index < -0.39 is 0 Å². The monoisotopic (exact) mass is 270 g/mol. The van der Waals surface area contributed by atoms with Crippen LogP contribution in [0.3, 0.4) is 0 Å². The van der Waals surface area contributed by atoms with Crippen molar-refractivity contribution in [3.05, 3.63) is 49.0 Å². The lowest BCUT2D eigenvalue weighted by atomic mass is 9.92. The second-order valence-electron chi connectivity index (χ2n) is 6.71. The molecule has 4 aliphatic carbocycles. The molecular weight excluding hydrogens is 248 g/mol. The van der Waals surface area contributed by atoms with Gasteiger partial charge in [0, 0.05) is 0 Å². The minimum atomic E-state index is 0.136. The largest absolute Gasteiger partial charge is 0.876 e. The molecule has 0 radical (unpaired) electrons. The summed E-state index contributed by atoms with van der Waals surface area (Å²) in [6, 6.07) is 0. The van der Waals surface area contributed by atoms with Crippen molar-refractivity contribution in [2.45, 2.75) is 25.7 Å². The van der Waals surface area contributed by atoms with Crippen LogP contribution in [0.5, 0.6) is 0 Å². The molecule has 0 aliphatic heterocycles. The first-order chi connectivity index (χ1) is 9.54. The third-order valence-corrected chi connectivity index (χ3v) is 5.38. The Labute approximate surface area is 121 Å². The molecule has 0 amide bonds. The van der Waals surface area contributed by atoms with E-state index in [9.17, 15) is 10.2 Å².